The molecule has 0 spiro atoms. The van der Waals surface area contributed by atoms with Crippen molar-refractivity contribution in [2.75, 3.05) is 0 Å². The molecule has 0 aromatic heterocycles. The molecule has 0 heterocycles. The topological polar surface area (TPSA) is 0 Å². The molecule has 0 amide bonds. The molecule has 3 aromatic carbocycles. The number of rotatable bonds is 2. The number of hydrogen-bond acceptors (Lipinski definition) is 1. The van der Waals surface area contributed by atoms with Crippen molar-refractivity contribution in [1.82, 2.24) is 0 Å². The Hall–Kier alpha value is -2.41. The largest absolute Gasteiger partial charge is 0.416 e. The van der Waals surface area contributed by atoms with Crippen molar-refractivity contribution in [3.8, 4) is 22.3 Å². The van der Waals surface area contributed by atoms with Crippen molar-refractivity contribution in [2.24, 2.45) is 0 Å². The molecule has 3 aromatic rings. The van der Waals surface area contributed by atoms with E-state index in [4.69, 9.17) is 0 Å². The van der Waals surface area contributed by atoms with Gasteiger partial charge in [0.05, 0.1) is 11.1 Å². The molecule has 0 bridgehead atoms. The third kappa shape index (κ3) is 4.13. The van der Waals surface area contributed by atoms with Crippen LogP contribution in [0.4, 0.5) is 26.3 Å². The second kappa shape index (κ2) is 6.96. The predicted octanol–water partition coefficient (Wildman–Crippen LogP) is 7.35. The van der Waals surface area contributed by atoms with Crippen LogP contribution < -0.4 is 0 Å². The molecule has 3 rings (SSSR count). The van der Waals surface area contributed by atoms with Gasteiger partial charge in [-0.3, -0.25) is 0 Å². The summed E-state index contributed by atoms with van der Waals surface area (Å²) in [6, 6.07) is 14.2. The van der Waals surface area contributed by atoms with Gasteiger partial charge in [0.25, 0.3) is 0 Å². The van der Waals surface area contributed by atoms with E-state index in [0.717, 1.165) is 24.3 Å². The van der Waals surface area contributed by atoms with Gasteiger partial charge in [-0.05, 0) is 47.0 Å². The van der Waals surface area contributed by atoms with Crippen molar-refractivity contribution in [2.45, 2.75) is 17.2 Å². The normalized spacial score (nSPS) is 12.3. The van der Waals surface area contributed by atoms with E-state index in [2.05, 4.69) is 12.6 Å². The van der Waals surface area contributed by atoms with Gasteiger partial charge in [-0.2, -0.15) is 26.3 Å². The molecular formula is C20H12F6S. The second-order valence-electron chi connectivity index (χ2n) is 5.85. The number of halogens is 6. The predicted molar refractivity (Wildman–Crippen MR) is 94.6 cm³/mol. The molecule has 0 aliphatic heterocycles. The zero-order valence-corrected chi connectivity index (χ0v) is 14.5. The van der Waals surface area contributed by atoms with Crippen molar-refractivity contribution in [3.05, 3.63) is 77.9 Å². The van der Waals surface area contributed by atoms with E-state index >= 15 is 0 Å². The monoisotopic (exact) mass is 398 g/mol. The Bertz CT molecular complexity index is 938. The first-order valence-electron chi connectivity index (χ1n) is 7.74. The van der Waals surface area contributed by atoms with Crippen LogP contribution in [0.15, 0.2) is 71.6 Å². The molecule has 0 atom stereocenters. The van der Waals surface area contributed by atoms with Gasteiger partial charge in [-0.1, -0.05) is 36.4 Å². The van der Waals surface area contributed by atoms with Gasteiger partial charge in [-0.25, -0.2) is 0 Å². The van der Waals surface area contributed by atoms with Crippen LogP contribution in [0.5, 0.6) is 0 Å². The van der Waals surface area contributed by atoms with Gasteiger partial charge in [-0.15, -0.1) is 12.6 Å². The Morgan fingerprint density at radius 1 is 0.556 bits per heavy atom. The maximum Gasteiger partial charge on any atom is 0.416 e. The lowest BCUT2D eigenvalue weighted by Gasteiger charge is -2.15. The van der Waals surface area contributed by atoms with Crippen LogP contribution in [0.1, 0.15) is 11.1 Å². The first-order valence-corrected chi connectivity index (χ1v) is 8.19. The molecule has 140 valence electrons. The average Bonchev–Trinajstić information content (AvgIpc) is 2.60. The molecule has 0 radical (unpaired) electrons. The molecule has 0 unspecified atom stereocenters. The lowest BCUT2D eigenvalue weighted by molar-refractivity contribution is -0.138. The van der Waals surface area contributed by atoms with Crippen LogP contribution in [-0.4, -0.2) is 0 Å². The SMILES string of the molecule is FC(F)(F)c1ccc(-c2cccc(S)c2-c2ccc(C(F)(F)F)cc2)cc1. The van der Waals surface area contributed by atoms with E-state index < -0.39 is 23.5 Å². The Morgan fingerprint density at radius 3 is 1.44 bits per heavy atom. The Balaban J connectivity index is 2.08. The molecule has 27 heavy (non-hydrogen) atoms. The van der Waals surface area contributed by atoms with E-state index in [9.17, 15) is 26.3 Å². The summed E-state index contributed by atoms with van der Waals surface area (Å²) in [5, 5.41) is 0. The van der Waals surface area contributed by atoms with Crippen LogP contribution >= 0.6 is 12.6 Å². The summed E-state index contributed by atoms with van der Waals surface area (Å²) in [6.07, 6.45) is -8.89. The molecule has 0 saturated carbocycles. The summed E-state index contributed by atoms with van der Waals surface area (Å²) < 4.78 is 76.6. The standard InChI is InChI=1S/C20H12F6S/c21-19(22,23)14-8-4-12(5-9-14)16-2-1-3-17(27)18(16)13-6-10-15(11-7-13)20(24,25)26/h1-11,27H. The summed E-state index contributed by atoms with van der Waals surface area (Å²) in [5.41, 5.74) is 0.575. The number of hydrogen-bond donors (Lipinski definition) is 1. The summed E-state index contributed by atoms with van der Waals surface area (Å²) in [5.74, 6) is 0. The van der Waals surface area contributed by atoms with Gasteiger partial charge in [0, 0.05) is 10.5 Å². The van der Waals surface area contributed by atoms with Crippen LogP contribution in [0.25, 0.3) is 22.3 Å². The smallest absolute Gasteiger partial charge is 0.166 e. The lowest BCUT2D eigenvalue weighted by atomic mass is 9.93. The highest BCUT2D eigenvalue weighted by molar-refractivity contribution is 7.80. The average molecular weight is 398 g/mol. The minimum Gasteiger partial charge on any atom is -0.166 e. The minimum atomic E-state index is -4.45. The van der Waals surface area contributed by atoms with Crippen LogP contribution in [-0.2, 0) is 12.4 Å². The van der Waals surface area contributed by atoms with Crippen molar-refractivity contribution in [3.63, 3.8) is 0 Å². The fourth-order valence-corrected chi connectivity index (χ4v) is 3.08. The summed E-state index contributed by atoms with van der Waals surface area (Å²) in [6.45, 7) is 0. The fourth-order valence-electron chi connectivity index (χ4n) is 2.75. The third-order valence-electron chi connectivity index (χ3n) is 4.07. The van der Waals surface area contributed by atoms with Crippen LogP contribution in [0.2, 0.25) is 0 Å². The highest BCUT2D eigenvalue weighted by Crippen LogP contribution is 2.39. The molecule has 7 heteroatoms. The molecule has 0 aliphatic carbocycles. The zero-order valence-electron chi connectivity index (χ0n) is 13.6. The highest BCUT2D eigenvalue weighted by Gasteiger charge is 2.31. The molecular weight excluding hydrogens is 386 g/mol. The summed E-state index contributed by atoms with van der Waals surface area (Å²) >= 11 is 4.38. The minimum absolute atomic E-state index is 0.489. The Labute approximate surface area is 156 Å². The first kappa shape index (κ1) is 19.4. The molecule has 0 saturated heterocycles. The van der Waals surface area contributed by atoms with Crippen LogP contribution in [0.3, 0.4) is 0 Å². The zero-order chi connectivity index (χ0) is 19.8. The first-order chi connectivity index (χ1) is 12.6. The molecule has 0 fully saturated rings. The number of benzene rings is 3. The van der Waals surface area contributed by atoms with E-state index in [1.165, 1.54) is 24.3 Å². The molecule has 0 nitrogen and oxygen atoms in total. The second-order valence-corrected chi connectivity index (χ2v) is 6.33. The van der Waals surface area contributed by atoms with Crippen molar-refractivity contribution in [1.29, 1.82) is 0 Å². The third-order valence-corrected chi connectivity index (χ3v) is 4.44. The van der Waals surface area contributed by atoms with Crippen LogP contribution in [0, 0.1) is 0 Å². The summed E-state index contributed by atoms with van der Waals surface area (Å²) in [7, 11) is 0. The van der Waals surface area contributed by atoms with E-state index in [0.29, 0.717) is 27.1 Å². The molecule has 0 aliphatic rings. The van der Waals surface area contributed by atoms with Crippen molar-refractivity contribution < 1.29 is 26.3 Å². The van der Waals surface area contributed by atoms with Gasteiger partial charge in [0.15, 0.2) is 0 Å². The van der Waals surface area contributed by atoms with E-state index in [1.807, 2.05) is 0 Å². The van der Waals surface area contributed by atoms with E-state index in [-0.39, 0.29) is 0 Å². The molecule has 0 N–H and O–H groups in total. The maximum absolute atomic E-state index is 12.8. The quantitative estimate of drug-likeness (QED) is 0.339. The Kier molecular flexibility index (Phi) is 4.99. The van der Waals surface area contributed by atoms with Gasteiger partial charge < -0.3 is 0 Å². The lowest BCUT2D eigenvalue weighted by Crippen LogP contribution is -2.04. The maximum atomic E-state index is 12.8. The van der Waals surface area contributed by atoms with Crippen molar-refractivity contribution >= 4 is 12.6 Å². The highest BCUT2D eigenvalue weighted by atomic mass is 32.1. The van der Waals surface area contributed by atoms with Gasteiger partial charge >= 0.3 is 12.4 Å². The fraction of sp³-hybridized carbons (Fsp3) is 0.100. The Morgan fingerprint density at radius 2 is 1.00 bits per heavy atom. The number of alkyl halides is 6. The number of thiol groups is 1. The van der Waals surface area contributed by atoms with Gasteiger partial charge in [0.1, 0.15) is 0 Å². The summed E-state index contributed by atoms with van der Waals surface area (Å²) in [4.78, 5) is 0.507. The van der Waals surface area contributed by atoms with E-state index in [1.54, 1.807) is 18.2 Å². The van der Waals surface area contributed by atoms with Gasteiger partial charge in [0.2, 0.25) is 0 Å².